The van der Waals surface area contributed by atoms with E-state index >= 15 is 0 Å². The fraction of sp³-hybridized carbons (Fsp3) is 0.733. The minimum absolute atomic E-state index is 0.0242. The molecule has 0 radical (unpaired) electrons. The van der Waals surface area contributed by atoms with Gasteiger partial charge in [0.15, 0.2) is 0 Å². The molecule has 2 unspecified atom stereocenters. The lowest BCUT2D eigenvalue weighted by molar-refractivity contribution is 0.471. The molecule has 2 aliphatic carbocycles. The van der Waals surface area contributed by atoms with Gasteiger partial charge in [-0.15, -0.1) is 0 Å². The van der Waals surface area contributed by atoms with Crippen LogP contribution in [0.4, 0.5) is 0 Å². The highest BCUT2D eigenvalue weighted by Gasteiger charge is 2.31. The number of hydrogen-bond acceptors (Lipinski definition) is 3. The van der Waals surface area contributed by atoms with E-state index < -0.39 is 0 Å². The van der Waals surface area contributed by atoms with Crippen molar-refractivity contribution in [3.05, 3.63) is 31.6 Å². The number of aromatic amines is 1. The van der Waals surface area contributed by atoms with Gasteiger partial charge in [0, 0.05) is 11.3 Å². The average molecular weight is 329 g/mol. The van der Waals surface area contributed by atoms with Crippen LogP contribution in [-0.2, 0) is 0 Å². The van der Waals surface area contributed by atoms with E-state index in [-0.39, 0.29) is 28.4 Å². The number of H-pyrrole nitrogens is 1. The molecule has 0 aliphatic heterocycles. The molecule has 1 heterocycles. The summed E-state index contributed by atoms with van der Waals surface area (Å²) >= 11 is 8.00. The molecular weight excluding hydrogens is 308 g/mol. The zero-order valence-electron chi connectivity index (χ0n) is 12.2. The second-order valence-electron chi connectivity index (χ2n) is 6.14. The topological polar surface area (TPSA) is 54.9 Å². The molecule has 0 saturated heterocycles. The molecule has 116 valence electrons. The van der Waals surface area contributed by atoms with E-state index in [2.05, 4.69) is 11.2 Å². The van der Waals surface area contributed by atoms with E-state index in [1.807, 2.05) is 11.8 Å². The molecule has 0 spiro atoms. The minimum Gasteiger partial charge on any atom is -0.297 e. The Morgan fingerprint density at radius 1 is 1.19 bits per heavy atom. The number of halogens is 1. The van der Waals surface area contributed by atoms with Gasteiger partial charge in [0.25, 0.3) is 5.56 Å². The maximum Gasteiger partial charge on any atom is 0.329 e. The molecule has 2 aliphatic rings. The maximum atomic E-state index is 12.8. The summed E-state index contributed by atoms with van der Waals surface area (Å²) in [6.07, 6.45) is 9.23. The van der Waals surface area contributed by atoms with Crippen LogP contribution in [0.5, 0.6) is 0 Å². The third kappa shape index (κ3) is 2.82. The molecule has 0 bridgehead atoms. The Balaban J connectivity index is 2.03. The van der Waals surface area contributed by atoms with Crippen molar-refractivity contribution in [3.63, 3.8) is 0 Å². The van der Waals surface area contributed by atoms with E-state index in [1.165, 1.54) is 4.57 Å². The highest BCUT2D eigenvalue weighted by molar-refractivity contribution is 7.99. The first-order valence-corrected chi connectivity index (χ1v) is 9.35. The number of rotatable bonds is 3. The summed E-state index contributed by atoms with van der Waals surface area (Å²) in [6.45, 7) is 0. The van der Waals surface area contributed by atoms with Crippen molar-refractivity contribution in [2.45, 2.75) is 62.2 Å². The molecule has 1 aromatic heterocycles. The molecule has 1 aromatic rings. The fourth-order valence-corrected chi connectivity index (χ4v) is 4.91. The first-order chi connectivity index (χ1) is 10.1. The molecule has 0 aromatic carbocycles. The van der Waals surface area contributed by atoms with Crippen molar-refractivity contribution in [1.29, 1.82) is 0 Å². The van der Waals surface area contributed by atoms with Crippen molar-refractivity contribution in [2.75, 3.05) is 6.26 Å². The highest BCUT2D eigenvalue weighted by Crippen LogP contribution is 2.37. The SMILES string of the molecule is CSC1CCC(n2c(=O)[nH]c(Cl)c(C3CCCC3)c2=O)C1. The van der Waals surface area contributed by atoms with Crippen LogP contribution in [0.25, 0.3) is 0 Å². The normalized spacial score (nSPS) is 26.6. The largest absolute Gasteiger partial charge is 0.329 e. The van der Waals surface area contributed by atoms with Crippen LogP contribution in [0.3, 0.4) is 0 Å². The van der Waals surface area contributed by atoms with Gasteiger partial charge in [0.2, 0.25) is 0 Å². The number of nitrogens with zero attached hydrogens (tertiary/aromatic N) is 1. The molecular formula is C15H21ClN2O2S. The van der Waals surface area contributed by atoms with Crippen LogP contribution in [0.2, 0.25) is 5.15 Å². The second-order valence-corrected chi connectivity index (χ2v) is 7.65. The van der Waals surface area contributed by atoms with Gasteiger partial charge in [-0.05, 0) is 44.3 Å². The molecule has 1 N–H and O–H groups in total. The van der Waals surface area contributed by atoms with E-state index in [0.29, 0.717) is 10.8 Å². The number of thioether (sulfide) groups is 1. The van der Waals surface area contributed by atoms with Crippen LogP contribution < -0.4 is 11.2 Å². The van der Waals surface area contributed by atoms with Gasteiger partial charge in [0.1, 0.15) is 5.15 Å². The van der Waals surface area contributed by atoms with Crippen molar-refractivity contribution in [2.24, 2.45) is 0 Å². The maximum absolute atomic E-state index is 12.8. The van der Waals surface area contributed by atoms with Crippen LogP contribution in [-0.4, -0.2) is 21.1 Å². The summed E-state index contributed by atoms with van der Waals surface area (Å²) in [4.78, 5) is 27.8. The van der Waals surface area contributed by atoms with Gasteiger partial charge >= 0.3 is 5.69 Å². The average Bonchev–Trinajstić information content (AvgIpc) is 3.09. The molecule has 6 heteroatoms. The lowest BCUT2D eigenvalue weighted by Gasteiger charge is -2.17. The van der Waals surface area contributed by atoms with E-state index in [0.717, 1.165) is 44.9 Å². The second kappa shape index (κ2) is 6.21. The molecule has 21 heavy (non-hydrogen) atoms. The van der Waals surface area contributed by atoms with Crippen LogP contribution in [0.1, 0.15) is 62.5 Å². The van der Waals surface area contributed by atoms with Gasteiger partial charge < -0.3 is 0 Å². The van der Waals surface area contributed by atoms with Gasteiger partial charge in [-0.3, -0.25) is 14.3 Å². The van der Waals surface area contributed by atoms with Crippen LogP contribution >= 0.6 is 23.4 Å². The fourth-order valence-electron chi connectivity index (χ4n) is 3.80. The van der Waals surface area contributed by atoms with E-state index in [9.17, 15) is 9.59 Å². The van der Waals surface area contributed by atoms with E-state index in [4.69, 9.17) is 11.6 Å². The van der Waals surface area contributed by atoms with Crippen molar-refractivity contribution in [1.82, 2.24) is 9.55 Å². The summed E-state index contributed by atoms with van der Waals surface area (Å²) in [5.74, 6) is 0.214. The standard InChI is InChI=1S/C15H21ClN2O2S/c1-21-11-7-6-10(8-11)18-14(19)12(9-4-2-3-5-9)13(16)17-15(18)20/h9-11H,2-8H2,1H3,(H,17,20). The third-order valence-corrected chi connectivity index (χ3v) is 6.33. The lowest BCUT2D eigenvalue weighted by atomic mass is 10.0. The van der Waals surface area contributed by atoms with Gasteiger partial charge in [0.05, 0.1) is 5.56 Å². The highest BCUT2D eigenvalue weighted by atomic mass is 35.5. The summed E-state index contributed by atoms with van der Waals surface area (Å²) < 4.78 is 1.44. The molecule has 4 nitrogen and oxygen atoms in total. The zero-order chi connectivity index (χ0) is 15.0. The molecule has 2 atom stereocenters. The molecule has 3 rings (SSSR count). The Labute approximate surface area is 133 Å². The number of nitrogens with one attached hydrogen (secondary N) is 1. The summed E-state index contributed by atoms with van der Waals surface area (Å²) in [7, 11) is 0. The third-order valence-electron chi connectivity index (χ3n) is 4.94. The number of aromatic nitrogens is 2. The van der Waals surface area contributed by atoms with Crippen LogP contribution in [0.15, 0.2) is 9.59 Å². The first kappa shape index (κ1) is 15.2. The van der Waals surface area contributed by atoms with Crippen molar-refractivity contribution < 1.29 is 0 Å². The summed E-state index contributed by atoms with van der Waals surface area (Å²) in [6, 6.07) is 0.0242. The Bertz CT molecular complexity index is 634. The Hall–Kier alpha value is -0.680. The monoisotopic (exact) mass is 328 g/mol. The van der Waals surface area contributed by atoms with Crippen molar-refractivity contribution >= 4 is 23.4 Å². The molecule has 2 saturated carbocycles. The Kier molecular flexibility index (Phi) is 4.50. The quantitative estimate of drug-likeness (QED) is 0.866. The predicted molar refractivity (Wildman–Crippen MR) is 87.7 cm³/mol. The zero-order valence-corrected chi connectivity index (χ0v) is 13.8. The lowest BCUT2D eigenvalue weighted by Crippen LogP contribution is -2.40. The molecule has 0 amide bonds. The minimum atomic E-state index is -0.349. The molecule has 2 fully saturated rings. The van der Waals surface area contributed by atoms with Crippen molar-refractivity contribution in [3.8, 4) is 0 Å². The van der Waals surface area contributed by atoms with Crippen LogP contribution in [0, 0.1) is 0 Å². The summed E-state index contributed by atoms with van der Waals surface area (Å²) in [5.41, 5.74) is 0.141. The van der Waals surface area contributed by atoms with Gasteiger partial charge in [-0.2, -0.15) is 11.8 Å². The van der Waals surface area contributed by atoms with Gasteiger partial charge in [-0.1, -0.05) is 24.4 Å². The summed E-state index contributed by atoms with van der Waals surface area (Å²) in [5, 5.41) is 0.805. The Morgan fingerprint density at radius 2 is 1.90 bits per heavy atom. The van der Waals surface area contributed by atoms with Gasteiger partial charge in [-0.25, -0.2) is 4.79 Å². The Morgan fingerprint density at radius 3 is 2.52 bits per heavy atom. The predicted octanol–water partition coefficient (Wildman–Crippen LogP) is 3.30. The smallest absolute Gasteiger partial charge is 0.297 e. The first-order valence-electron chi connectivity index (χ1n) is 7.68. The number of hydrogen-bond donors (Lipinski definition) is 1. The van der Waals surface area contributed by atoms with E-state index in [1.54, 1.807) is 0 Å².